The lowest BCUT2D eigenvalue weighted by molar-refractivity contribution is 0.305. The fourth-order valence-corrected chi connectivity index (χ4v) is 2.85. The van der Waals surface area contributed by atoms with E-state index in [9.17, 15) is 0 Å². The molecule has 0 aliphatic heterocycles. The Labute approximate surface area is 147 Å². The van der Waals surface area contributed by atoms with Crippen molar-refractivity contribution in [2.45, 2.75) is 58.5 Å². The molecular weight excluding hydrogens is 294 g/mol. The van der Waals surface area contributed by atoms with Gasteiger partial charge >= 0.3 is 0 Å². The van der Waals surface area contributed by atoms with Crippen molar-refractivity contribution in [1.29, 1.82) is 0 Å². The molecule has 0 aliphatic rings. The van der Waals surface area contributed by atoms with Gasteiger partial charge in [0.2, 0.25) is 0 Å². The van der Waals surface area contributed by atoms with Crippen molar-refractivity contribution >= 4 is 0 Å². The highest BCUT2D eigenvalue weighted by atomic mass is 16.5. The molecule has 0 heterocycles. The fraction of sp³-hybridized carbons (Fsp3) is 0.455. The van der Waals surface area contributed by atoms with Crippen LogP contribution in [0.5, 0.6) is 5.75 Å². The van der Waals surface area contributed by atoms with Gasteiger partial charge < -0.3 is 10.1 Å². The Morgan fingerprint density at radius 2 is 1.62 bits per heavy atom. The van der Waals surface area contributed by atoms with Crippen LogP contribution < -0.4 is 10.1 Å². The lowest BCUT2D eigenvalue weighted by Crippen LogP contribution is -2.20. The van der Waals surface area contributed by atoms with Crippen LogP contribution in [0.2, 0.25) is 0 Å². The van der Waals surface area contributed by atoms with Crippen molar-refractivity contribution in [3.63, 3.8) is 0 Å². The third-order valence-electron chi connectivity index (χ3n) is 4.35. The highest BCUT2D eigenvalue weighted by Crippen LogP contribution is 2.21. The molecule has 1 unspecified atom stereocenters. The van der Waals surface area contributed by atoms with Crippen LogP contribution in [0.25, 0.3) is 0 Å². The van der Waals surface area contributed by atoms with Gasteiger partial charge in [0.25, 0.3) is 0 Å². The minimum absolute atomic E-state index is 0.379. The smallest absolute Gasteiger partial charge is 0.119 e. The zero-order valence-corrected chi connectivity index (χ0v) is 15.1. The first-order valence-electron chi connectivity index (χ1n) is 9.33. The maximum atomic E-state index is 5.83. The van der Waals surface area contributed by atoms with Gasteiger partial charge in [0.15, 0.2) is 0 Å². The summed E-state index contributed by atoms with van der Waals surface area (Å²) in [5.41, 5.74) is 2.65. The van der Waals surface area contributed by atoms with Gasteiger partial charge in [-0.25, -0.2) is 0 Å². The number of unbranched alkanes of at least 4 members (excludes halogenated alkanes) is 3. The van der Waals surface area contributed by atoms with E-state index in [2.05, 4.69) is 73.8 Å². The first kappa shape index (κ1) is 18.5. The second kappa shape index (κ2) is 10.9. The molecular formula is C22H31NO. The summed E-state index contributed by atoms with van der Waals surface area (Å²) < 4.78 is 5.83. The zero-order chi connectivity index (χ0) is 17.0. The van der Waals surface area contributed by atoms with E-state index in [0.29, 0.717) is 6.04 Å². The second-order valence-corrected chi connectivity index (χ2v) is 6.31. The molecule has 1 N–H and O–H groups in total. The molecule has 2 aromatic rings. The van der Waals surface area contributed by atoms with Crippen molar-refractivity contribution in [2.75, 3.05) is 6.61 Å². The van der Waals surface area contributed by atoms with E-state index >= 15 is 0 Å². The van der Waals surface area contributed by atoms with Crippen molar-refractivity contribution in [3.05, 3.63) is 65.7 Å². The first-order valence-corrected chi connectivity index (χ1v) is 9.33. The molecule has 0 aromatic heterocycles. The van der Waals surface area contributed by atoms with Crippen LogP contribution in [-0.2, 0) is 6.54 Å². The van der Waals surface area contributed by atoms with Crippen LogP contribution in [0.4, 0.5) is 0 Å². The molecule has 2 rings (SSSR count). The van der Waals surface area contributed by atoms with Gasteiger partial charge in [-0.05, 0) is 36.1 Å². The van der Waals surface area contributed by atoms with Crippen molar-refractivity contribution in [3.8, 4) is 5.75 Å². The van der Waals surface area contributed by atoms with Gasteiger partial charge in [0.05, 0.1) is 6.61 Å². The standard InChI is InChI=1S/C22H31NO/c1-3-5-6-10-17-24-21-15-13-20(14-16-21)22(4-2)23-18-19-11-8-7-9-12-19/h7-9,11-16,22-23H,3-6,10,17-18H2,1-2H3. The van der Waals surface area contributed by atoms with E-state index in [1.54, 1.807) is 0 Å². The molecule has 0 aliphatic carbocycles. The van der Waals surface area contributed by atoms with Crippen LogP contribution in [-0.4, -0.2) is 6.61 Å². The Kier molecular flexibility index (Phi) is 8.40. The molecule has 2 nitrogen and oxygen atoms in total. The van der Waals surface area contributed by atoms with Crippen LogP contribution in [0.15, 0.2) is 54.6 Å². The Hall–Kier alpha value is -1.80. The summed E-state index contributed by atoms with van der Waals surface area (Å²) in [6.45, 7) is 6.17. The quantitative estimate of drug-likeness (QED) is 0.520. The summed E-state index contributed by atoms with van der Waals surface area (Å²) in [4.78, 5) is 0. The Morgan fingerprint density at radius 3 is 2.29 bits per heavy atom. The molecule has 0 saturated carbocycles. The van der Waals surface area contributed by atoms with Crippen LogP contribution in [0, 0.1) is 0 Å². The van der Waals surface area contributed by atoms with E-state index in [4.69, 9.17) is 4.74 Å². The monoisotopic (exact) mass is 325 g/mol. The largest absolute Gasteiger partial charge is 0.494 e. The van der Waals surface area contributed by atoms with Crippen LogP contribution >= 0.6 is 0 Å². The van der Waals surface area contributed by atoms with E-state index < -0.39 is 0 Å². The number of hydrogen-bond donors (Lipinski definition) is 1. The number of ether oxygens (including phenoxy) is 1. The van der Waals surface area contributed by atoms with Crippen molar-refractivity contribution < 1.29 is 4.74 Å². The molecule has 0 amide bonds. The number of nitrogens with one attached hydrogen (secondary N) is 1. The van der Waals surface area contributed by atoms with Crippen LogP contribution in [0.1, 0.15) is 63.1 Å². The summed E-state index contributed by atoms with van der Waals surface area (Å²) in [6.07, 6.45) is 6.04. The van der Waals surface area contributed by atoms with Crippen molar-refractivity contribution in [1.82, 2.24) is 5.32 Å². The van der Waals surface area contributed by atoms with E-state index in [1.807, 2.05) is 0 Å². The predicted octanol–water partition coefficient (Wildman–Crippen LogP) is 5.89. The summed E-state index contributed by atoms with van der Waals surface area (Å²) >= 11 is 0. The lowest BCUT2D eigenvalue weighted by atomic mass is 10.0. The topological polar surface area (TPSA) is 21.3 Å². The van der Waals surface area contributed by atoms with E-state index in [0.717, 1.165) is 31.7 Å². The maximum Gasteiger partial charge on any atom is 0.119 e. The summed E-state index contributed by atoms with van der Waals surface area (Å²) in [5.74, 6) is 0.980. The number of rotatable bonds is 11. The maximum absolute atomic E-state index is 5.83. The molecule has 0 fully saturated rings. The molecule has 0 spiro atoms. The van der Waals surface area contributed by atoms with Crippen molar-refractivity contribution in [2.24, 2.45) is 0 Å². The van der Waals surface area contributed by atoms with Gasteiger partial charge in [-0.2, -0.15) is 0 Å². The molecule has 2 heteroatoms. The Balaban J connectivity index is 1.81. The SMILES string of the molecule is CCCCCCOc1ccc(C(CC)NCc2ccccc2)cc1. The Bertz CT molecular complexity index is 550. The molecule has 0 saturated heterocycles. The fourth-order valence-electron chi connectivity index (χ4n) is 2.85. The average molecular weight is 325 g/mol. The predicted molar refractivity (Wildman–Crippen MR) is 102 cm³/mol. The average Bonchev–Trinajstić information content (AvgIpc) is 2.64. The molecule has 2 aromatic carbocycles. The van der Waals surface area contributed by atoms with Gasteiger partial charge in [-0.3, -0.25) is 0 Å². The highest BCUT2D eigenvalue weighted by molar-refractivity contribution is 5.29. The van der Waals surface area contributed by atoms with Gasteiger partial charge in [-0.15, -0.1) is 0 Å². The summed E-state index contributed by atoms with van der Waals surface area (Å²) in [5, 5.41) is 3.65. The molecule has 24 heavy (non-hydrogen) atoms. The number of hydrogen-bond acceptors (Lipinski definition) is 2. The van der Waals surface area contributed by atoms with Crippen LogP contribution in [0.3, 0.4) is 0 Å². The molecule has 0 bridgehead atoms. The number of benzene rings is 2. The van der Waals surface area contributed by atoms with E-state index in [-0.39, 0.29) is 0 Å². The first-order chi connectivity index (χ1) is 11.8. The minimum atomic E-state index is 0.379. The highest BCUT2D eigenvalue weighted by Gasteiger charge is 2.08. The van der Waals surface area contributed by atoms with Gasteiger partial charge in [-0.1, -0.05) is 75.6 Å². The third kappa shape index (κ3) is 6.37. The molecule has 0 radical (unpaired) electrons. The lowest BCUT2D eigenvalue weighted by Gasteiger charge is -2.18. The Morgan fingerprint density at radius 1 is 0.875 bits per heavy atom. The molecule has 1 atom stereocenters. The zero-order valence-electron chi connectivity index (χ0n) is 15.1. The molecule has 130 valence electrons. The van der Waals surface area contributed by atoms with Gasteiger partial charge in [0, 0.05) is 12.6 Å². The van der Waals surface area contributed by atoms with Gasteiger partial charge in [0.1, 0.15) is 5.75 Å². The minimum Gasteiger partial charge on any atom is -0.494 e. The normalized spacial score (nSPS) is 12.1. The summed E-state index contributed by atoms with van der Waals surface area (Å²) in [7, 11) is 0. The summed E-state index contributed by atoms with van der Waals surface area (Å²) in [6, 6.07) is 19.5. The second-order valence-electron chi connectivity index (χ2n) is 6.31. The third-order valence-corrected chi connectivity index (χ3v) is 4.35. The van der Waals surface area contributed by atoms with E-state index in [1.165, 1.54) is 30.4 Å².